The SMILES string of the molecule is COC(=O)C1(c2ccccc2)CCN(C(=O)CCCc2nc(C(C)C)no2)CC1. The van der Waals surface area contributed by atoms with E-state index in [0.29, 0.717) is 56.9 Å². The molecule has 0 bridgehead atoms. The predicted octanol–water partition coefficient (Wildman–Crippen LogP) is 3.25. The average molecular weight is 399 g/mol. The highest BCUT2D eigenvalue weighted by Crippen LogP contribution is 2.37. The van der Waals surface area contributed by atoms with Crippen LogP contribution in [0.5, 0.6) is 0 Å². The summed E-state index contributed by atoms with van der Waals surface area (Å²) in [5.41, 5.74) is 0.278. The highest BCUT2D eigenvalue weighted by molar-refractivity contribution is 5.84. The van der Waals surface area contributed by atoms with E-state index in [-0.39, 0.29) is 17.8 Å². The lowest BCUT2D eigenvalue weighted by molar-refractivity contribution is -0.151. The summed E-state index contributed by atoms with van der Waals surface area (Å²) < 4.78 is 10.3. The summed E-state index contributed by atoms with van der Waals surface area (Å²) >= 11 is 0. The Morgan fingerprint density at radius 1 is 1.21 bits per heavy atom. The van der Waals surface area contributed by atoms with Crippen LogP contribution in [-0.4, -0.2) is 47.1 Å². The van der Waals surface area contributed by atoms with Gasteiger partial charge >= 0.3 is 5.97 Å². The zero-order valence-corrected chi connectivity index (χ0v) is 17.4. The van der Waals surface area contributed by atoms with Crippen LogP contribution >= 0.6 is 0 Å². The minimum atomic E-state index is -0.677. The molecule has 0 N–H and O–H groups in total. The van der Waals surface area contributed by atoms with E-state index in [4.69, 9.17) is 9.26 Å². The molecule has 0 saturated carbocycles. The third-order valence-electron chi connectivity index (χ3n) is 5.65. The molecule has 156 valence electrons. The fourth-order valence-corrected chi connectivity index (χ4v) is 3.85. The van der Waals surface area contributed by atoms with Crippen molar-refractivity contribution in [3.05, 3.63) is 47.6 Å². The first-order valence-electron chi connectivity index (χ1n) is 10.2. The normalized spacial score (nSPS) is 16.1. The van der Waals surface area contributed by atoms with Crippen LogP contribution in [0.15, 0.2) is 34.9 Å². The summed E-state index contributed by atoms with van der Waals surface area (Å²) in [5, 5.41) is 3.95. The molecule has 1 aromatic carbocycles. The van der Waals surface area contributed by atoms with E-state index in [1.165, 1.54) is 7.11 Å². The molecule has 7 heteroatoms. The van der Waals surface area contributed by atoms with E-state index in [9.17, 15) is 9.59 Å². The van der Waals surface area contributed by atoms with Crippen molar-refractivity contribution in [2.75, 3.05) is 20.2 Å². The van der Waals surface area contributed by atoms with Crippen molar-refractivity contribution in [1.82, 2.24) is 15.0 Å². The number of aromatic nitrogens is 2. The minimum Gasteiger partial charge on any atom is -0.468 e. The fraction of sp³-hybridized carbons (Fsp3) is 0.545. The number of amides is 1. The molecule has 1 aromatic heterocycles. The predicted molar refractivity (Wildman–Crippen MR) is 107 cm³/mol. The van der Waals surface area contributed by atoms with Crippen LogP contribution in [0.2, 0.25) is 0 Å². The van der Waals surface area contributed by atoms with Gasteiger partial charge in [0.25, 0.3) is 0 Å². The van der Waals surface area contributed by atoms with Crippen molar-refractivity contribution in [2.24, 2.45) is 0 Å². The number of methoxy groups -OCH3 is 1. The summed E-state index contributed by atoms with van der Waals surface area (Å²) in [6.07, 6.45) is 2.81. The number of carbonyl (C=O) groups is 2. The topological polar surface area (TPSA) is 85.5 Å². The molecular weight excluding hydrogens is 370 g/mol. The summed E-state index contributed by atoms with van der Waals surface area (Å²) in [7, 11) is 1.42. The molecule has 7 nitrogen and oxygen atoms in total. The Hall–Kier alpha value is -2.70. The first-order chi connectivity index (χ1) is 14.0. The zero-order valence-electron chi connectivity index (χ0n) is 17.4. The minimum absolute atomic E-state index is 0.0973. The molecule has 0 radical (unpaired) electrons. The number of rotatable bonds is 7. The van der Waals surface area contributed by atoms with Gasteiger partial charge in [-0.15, -0.1) is 0 Å². The standard InChI is InChI=1S/C22H29N3O4/c1-16(2)20-23-18(29-24-20)10-7-11-19(26)25-14-12-22(13-15-25,21(27)28-3)17-8-5-4-6-9-17/h4-6,8-9,16H,7,10-15H2,1-3H3. The molecule has 1 saturated heterocycles. The Morgan fingerprint density at radius 3 is 2.48 bits per heavy atom. The lowest BCUT2D eigenvalue weighted by atomic mass is 9.72. The van der Waals surface area contributed by atoms with Gasteiger partial charge in [-0.05, 0) is 24.8 Å². The average Bonchev–Trinajstić information content (AvgIpc) is 3.23. The van der Waals surface area contributed by atoms with Gasteiger partial charge < -0.3 is 14.2 Å². The number of carbonyl (C=O) groups excluding carboxylic acids is 2. The number of esters is 1. The highest BCUT2D eigenvalue weighted by Gasteiger charge is 2.44. The van der Waals surface area contributed by atoms with Crippen LogP contribution in [0.4, 0.5) is 0 Å². The summed E-state index contributed by atoms with van der Waals surface area (Å²) in [6, 6.07) is 9.72. The van der Waals surface area contributed by atoms with E-state index >= 15 is 0 Å². The van der Waals surface area contributed by atoms with Gasteiger partial charge in [0.15, 0.2) is 5.82 Å². The number of likely N-dealkylation sites (tertiary alicyclic amines) is 1. The van der Waals surface area contributed by atoms with Crippen molar-refractivity contribution in [2.45, 2.75) is 57.3 Å². The van der Waals surface area contributed by atoms with Gasteiger partial charge in [0, 0.05) is 31.8 Å². The quantitative estimate of drug-likeness (QED) is 0.665. The molecule has 1 fully saturated rings. The maximum atomic E-state index is 12.6. The molecule has 0 spiro atoms. The molecule has 3 rings (SSSR count). The fourth-order valence-electron chi connectivity index (χ4n) is 3.85. The molecule has 2 heterocycles. The Bertz CT molecular complexity index is 824. The number of nitrogens with zero attached hydrogens (tertiary/aromatic N) is 3. The largest absolute Gasteiger partial charge is 0.468 e. The number of piperidine rings is 1. The number of ether oxygens (including phenoxy) is 1. The number of benzene rings is 1. The monoisotopic (exact) mass is 399 g/mol. The molecule has 0 unspecified atom stereocenters. The van der Waals surface area contributed by atoms with Gasteiger partial charge in [-0.2, -0.15) is 4.98 Å². The van der Waals surface area contributed by atoms with Crippen molar-refractivity contribution in [3.63, 3.8) is 0 Å². The van der Waals surface area contributed by atoms with E-state index < -0.39 is 5.41 Å². The van der Waals surface area contributed by atoms with Crippen LogP contribution in [0.3, 0.4) is 0 Å². The van der Waals surface area contributed by atoms with E-state index in [1.807, 2.05) is 49.1 Å². The molecular formula is C22H29N3O4. The van der Waals surface area contributed by atoms with Crippen molar-refractivity contribution in [1.29, 1.82) is 0 Å². The number of aryl methyl sites for hydroxylation is 1. The molecule has 1 aliphatic rings. The van der Waals surface area contributed by atoms with Crippen LogP contribution in [0.1, 0.15) is 62.7 Å². The lowest BCUT2D eigenvalue weighted by Gasteiger charge is -2.40. The highest BCUT2D eigenvalue weighted by atomic mass is 16.5. The summed E-state index contributed by atoms with van der Waals surface area (Å²) in [4.78, 5) is 31.4. The van der Waals surface area contributed by atoms with Crippen LogP contribution in [0, 0.1) is 0 Å². The zero-order chi connectivity index (χ0) is 20.9. The van der Waals surface area contributed by atoms with Gasteiger partial charge in [-0.25, -0.2) is 0 Å². The van der Waals surface area contributed by atoms with Crippen molar-refractivity contribution >= 4 is 11.9 Å². The molecule has 29 heavy (non-hydrogen) atoms. The van der Waals surface area contributed by atoms with E-state index in [1.54, 1.807) is 0 Å². The Morgan fingerprint density at radius 2 is 1.90 bits per heavy atom. The smallest absolute Gasteiger partial charge is 0.316 e. The van der Waals surface area contributed by atoms with Crippen LogP contribution in [-0.2, 0) is 26.2 Å². The molecule has 2 aromatic rings. The molecule has 0 aliphatic carbocycles. The van der Waals surface area contributed by atoms with Gasteiger partial charge in [-0.1, -0.05) is 49.3 Å². The first kappa shape index (κ1) is 21.0. The van der Waals surface area contributed by atoms with Crippen LogP contribution in [0.25, 0.3) is 0 Å². The first-order valence-corrected chi connectivity index (χ1v) is 10.2. The molecule has 1 aliphatic heterocycles. The van der Waals surface area contributed by atoms with Crippen LogP contribution < -0.4 is 0 Å². The van der Waals surface area contributed by atoms with E-state index in [0.717, 1.165) is 5.56 Å². The third-order valence-corrected chi connectivity index (χ3v) is 5.65. The summed E-state index contributed by atoms with van der Waals surface area (Å²) in [6.45, 7) is 5.11. The third kappa shape index (κ3) is 4.66. The van der Waals surface area contributed by atoms with Gasteiger partial charge in [0.2, 0.25) is 11.8 Å². The second-order valence-electron chi connectivity index (χ2n) is 7.88. The van der Waals surface area contributed by atoms with Crippen molar-refractivity contribution in [3.8, 4) is 0 Å². The Labute approximate surface area is 171 Å². The molecule has 1 amide bonds. The number of hydrogen-bond donors (Lipinski definition) is 0. The maximum Gasteiger partial charge on any atom is 0.316 e. The summed E-state index contributed by atoms with van der Waals surface area (Å²) in [5.74, 6) is 1.37. The van der Waals surface area contributed by atoms with Gasteiger partial charge in [0.05, 0.1) is 12.5 Å². The van der Waals surface area contributed by atoms with Crippen molar-refractivity contribution < 1.29 is 18.8 Å². The maximum absolute atomic E-state index is 12.6. The second-order valence-corrected chi connectivity index (χ2v) is 7.88. The Kier molecular flexibility index (Phi) is 6.67. The van der Waals surface area contributed by atoms with E-state index in [2.05, 4.69) is 10.1 Å². The van der Waals surface area contributed by atoms with Gasteiger partial charge in [0.1, 0.15) is 0 Å². The number of hydrogen-bond acceptors (Lipinski definition) is 6. The lowest BCUT2D eigenvalue weighted by Crippen LogP contribution is -2.49. The molecule has 0 atom stereocenters. The van der Waals surface area contributed by atoms with Gasteiger partial charge in [-0.3, -0.25) is 9.59 Å². The second kappa shape index (κ2) is 9.20. The Balaban J connectivity index is 1.54.